The van der Waals surface area contributed by atoms with Gasteiger partial charge in [0.25, 0.3) is 15.7 Å². The Kier molecular flexibility index (Phi) is 4.68. The van der Waals surface area contributed by atoms with Crippen LogP contribution in [-0.2, 0) is 16.4 Å². The predicted octanol–water partition coefficient (Wildman–Crippen LogP) is 3.61. The molecule has 22 heavy (non-hydrogen) atoms. The van der Waals surface area contributed by atoms with E-state index < -0.39 is 14.9 Å². The van der Waals surface area contributed by atoms with Crippen LogP contribution in [0.2, 0.25) is 5.02 Å². The van der Waals surface area contributed by atoms with Crippen molar-refractivity contribution in [2.24, 2.45) is 0 Å². The average molecular weight is 341 g/mol. The number of sulfonamides is 1. The van der Waals surface area contributed by atoms with E-state index in [0.29, 0.717) is 12.0 Å². The second kappa shape index (κ2) is 6.33. The number of nitrogens with zero attached hydrogens (tertiary/aromatic N) is 1. The third kappa shape index (κ3) is 3.55. The highest BCUT2D eigenvalue weighted by atomic mass is 35.5. The van der Waals surface area contributed by atoms with Crippen LogP contribution >= 0.6 is 11.6 Å². The standard InChI is InChI=1S/C14H13ClN2O4S/c1-2-10-6-7-12(9-14(10)17(18)19)16-22(20,21)13-5-3-4-11(15)8-13/h3-9,16H,2H2,1H3. The second-order valence-corrected chi connectivity index (χ2v) is 6.64. The molecule has 0 atom stereocenters. The molecule has 0 aliphatic rings. The van der Waals surface area contributed by atoms with Gasteiger partial charge < -0.3 is 0 Å². The largest absolute Gasteiger partial charge is 0.279 e. The first-order chi connectivity index (χ1) is 10.3. The van der Waals surface area contributed by atoms with Crippen LogP contribution in [0.3, 0.4) is 0 Å². The molecule has 2 aromatic rings. The fraction of sp³-hybridized carbons (Fsp3) is 0.143. The first-order valence-electron chi connectivity index (χ1n) is 6.39. The van der Waals surface area contributed by atoms with Gasteiger partial charge in [0.05, 0.1) is 15.5 Å². The van der Waals surface area contributed by atoms with Crippen molar-refractivity contribution in [2.75, 3.05) is 4.72 Å². The molecule has 0 spiro atoms. The Labute approximate surface area is 132 Å². The SMILES string of the molecule is CCc1ccc(NS(=O)(=O)c2cccc(Cl)c2)cc1[N+](=O)[O-]. The van der Waals surface area contributed by atoms with E-state index in [1.807, 2.05) is 0 Å². The molecule has 8 heteroatoms. The maximum absolute atomic E-state index is 12.2. The topological polar surface area (TPSA) is 89.3 Å². The summed E-state index contributed by atoms with van der Waals surface area (Å²) in [5.41, 5.74) is 0.549. The molecule has 0 heterocycles. The minimum Gasteiger partial charge on any atom is -0.279 e. The number of hydrogen-bond acceptors (Lipinski definition) is 4. The summed E-state index contributed by atoms with van der Waals surface area (Å²) >= 11 is 5.78. The number of nitrogens with one attached hydrogen (secondary N) is 1. The van der Waals surface area contributed by atoms with Crippen molar-refractivity contribution >= 4 is 33.0 Å². The van der Waals surface area contributed by atoms with Crippen LogP contribution in [-0.4, -0.2) is 13.3 Å². The van der Waals surface area contributed by atoms with Gasteiger partial charge in [-0.05, 0) is 30.7 Å². The van der Waals surface area contributed by atoms with Gasteiger partial charge >= 0.3 is 0 Å². The molecule has 116 valence electrons. The molecule has 0 saturated heterocycles. The van der Waals surface area contributed by atoms with Gasteiger partial charge in [-0.1, -0.05) is 30.7 Å². The highest BCUT2D eigenvalue weighted by Gasteiger charge is 2.18. The lowest BCUT2D eigenvalue weighted by Crippen LogP contribution is -2.13. The molecule has 0 bridgehead atoms. The summed E-state index contributed by atoms with van der Waals surface area (Å²) in [6.07, 6.45) is 0.484. The Hall–Kier alpha value is -2.12. The number of nitro benzene ring substituents is 1. The summed E-state index contributed by atoms with van der Waals surface area (Å²) < 4.78 is 26.8. The Morgan fingerprint density at radius 1 is 1.23 bits per heavy atom. The van der Waals surface area contributed by atoms with Gasteiger partial charge in [-0.3, -0.25) is 14.8 Å². The quantitative estimate of drug-likeness (QED) is 0.665. The van der Waals surface area contributed by atoms with Crippen molar-refractivity contribution in [1.29, 1.82) is 0 Å². The number of anilines is 1. The first-order valence-corrected chi connectivity index (χ1v) is 8.25. The van der Waals surface area contributed by atoms with Crippen molar-refractivity contribution in [1.82, 2.24) is 0 Å². The van der Waals surface area contributed by atoms with E-state index in [2.05, 4.69) is 4.72 Å². The maximum Gasteiger partial charge on any atom is 0.274 e. The summed E-state index contributed by atoms with van der Waals surface area (Å²) in [5.74, 6) is 0. The summed E-state index contributed by atoms with van der Waals surface area (Å²) in [6.45, 7) is 1.79. The molecule has 0 radical (unpaired) electrons. The number of nitro groups is 1. The van der Waals surface area contributed by atoms with Crippen molar-refractivity contribution in [3.8, 4) is 0 Å². The molecule has 0 aromatic heterocycles. The van der Waals surface area contributed by atoms with Crippen LogP contribution in [0.15, 0.2) is 47.4 Å². The van der Waals surface area contributed by atoms with Crippen LogP contribution in [0.25, 0.3) is 0 Å². The molecular weight excluding hydrogens is 328 g/mol. The highest BCUT2D eigenvalue weighted by molar-refractivity contribution is 7.92. The molecule has 0 unspecified atom stereocenters. The van der Waals surface area contributed by atoms with Crippen LogP contribution in [0.5, 0.6) is 0 Å². The lowest BCUT2D eigenvalue weighted by molar-refractivity contribution is -0.385. The van der Waals surface area contributed by atoms with E-state index in [1.54, 1.807) is 13.0 Å². The maximum atomic E-state index is 12.2. The van der Waals surface area contributed by atoms with Gasteiger partial charge in [0, 0.05) is 16.7 Å². The second-order valence-electron chi connectivity index (χ2n) is 4.52. The zero-order valence-electron chi connectivity index (χ0n) is 11.6. The Balaban J connectivity index is 2.38. The van der Waals surface area contributed by atoms with Crippen LogP contribution in [0.1, 0.15) is 12.5 Å². The molecule has 0 saturated carbocycles. The third-order valence-electron chi connectivity index (χ3n) is 3.02. The first kappa shape index (κ1) is 16.3. The number of hydrogen-bond donors (Lipinski definition) is 1. The fourth-order valence-corrected chi connectivity index (χ4v) is 3.29. The van der Waals surface area contributed by atoms with E-state index in [9.17, 15) is 18.5 Å². The third-order valence-corrected chi connectivity index (χ3v) is 4.64. The lowest BCUT2D eigenvalue weighted by Gasteiger charge is -2.09. The molecule has 0 aliphatic carbocycles. The number of aryl methyl sites for hydroxylation is 1. The van der Waals surface area contributed by atoms with Gasteiger partial charge in [-0.2, -0.15) is 0 Å². The highest BCUT2D eigenvalue weighted by Crippen LogP contribution is 2.26. The van der Waals surface area contributed by atoms with E-state index in [-0.39, 0.29) is 21.3 Å². The summed E-state index contributed by atoms with van der Waals surface area (Å²) in [4.78, 5) is 10.5. The molecule has 2 aromatic carbocycles. The van der Waals surface area contributed by atoms with Crippen molar-refractivity contribution in [3.05, 3.63) is 63.2 Å². The fourth-order valence-electron chi connectivity index (χ4n) is 1.94. The molecular formula is C14H13ClN2O4S. The van der Waals surface area contributed by atoms with Gasteiger partial charge in [0.1, 0.15) is 0 Å². The van der Waals surface area contributed by atoms with Crippen LogP contribution in [0, 0.1) is 10.1 Å². The van der Waals surface area contributed by atoms with E-state index in [0.717, 1.165) is 0 Å². The Morgan fingerprint density at radius 2 is 1.95 bits per heavy atom. The molecule has 2 rings (SSSR count). The summed E-state index contributed by atoms with van der Waals surface area (Å²) in [7, 11) is -3.85. The van der Waals surface area contributed by atoms with Crippen molar-refractivity contribution in [2.45, 2.75) is 18.2 Å². The van der Waals surface area contributed by atoms with Gasteiger partial charge in [0.15, 0.2) is 0 Å². The van der Waals surface area contributed by atoms with Crippen molar-refractivity contribution in [3.63, 3.8) is 0 Å². The summed E-state index contributed by atoms with van der Waals surface area (Å²) in [6, 6.07) is 10.0. The zero-order chi connectivity index (χ0) is 16.3. The van der Waals surface area contributed by atoms with Gasteiger partial charge in [-0.15, -0.1) is 0 Å². The van der Waals surface area contributed by atoms with E-state index >= 15 is 0 Å². The number of rotatable bonds is 5. The van der Waals surface area contributed by atoms with Gasteiger partial charge in [-0.25, -0.2) is 8.42 Å². The normalized spacial score (nSPS) is 11.2. The molecule has 0 amide bonds. The Morgan fingerprint density at radius 3 is 2.55 bits per heavy atom. The minimum absolute atomic E-state index is 0.0118. The van der Waals surface area contributed by atoms with Crippen molar-refractivity contribution < 1.29 is 13.3 Å². The average Bonchev–Trinajstić information content (AvgIpc) is 2.46. The smallest absolute Gasteiger partial charge is 0.274 e. The monoisotopic (exact) mass is 340 g/mol. The Bertz CT molecular complexity index is 821. The molecule has 1 N–H and O–H groups in total. The predicted molar refractivity (Wildman–Crippen MR) is 84.7 cm³/mol. The number of benzene rings is 2. The van der Waals surface area contributed by atoms with Crippen LogP contribution in [0.4, 0.5) is 11.4 Å². The van der Waals surface area contributed by atoms with Gasteiger partial charge in [0.2, 0.25) is 0 Å². The van der Waals surface area contributed by atoms with Crippen LogP contribution < -0.4 is 4.72 Å². The molecule has 0 fully saturated rings. The summed E-state index contributed by atoms with van der Waals surface area (Å²) in [5, 5.41) is 11.3. The van der Waals surface area contributed by atoms with E-state index in [1.165, 1.54) is 36.4 Å². The lowest BCUT2D eigenvalue weighted by atomic mass is 10.1. The number of halogens is 1. The minimum atomic E-state index is -3.85. The van der Waals surface area contributed by atoms with E-state index in [4.69, 9.17) is 11.6 Å². The molecule has 6 nitrogen and oxygen atoms in total. The molecule has 0 aliphatic heterocycles. The zero-order valence-corrected chi connectivity index (χ0v) is 13.2.